The molecule has 0 atom stereocenters. The van der Waals surface area contributed by atoms with Crippen molar-refractivity contribution in [3.63, 3.8) is 0 Å². The molecule has 0 aliphatic rings. The van der Waals surface area contributed by atoms with Crippen LogP contribution in [-0.2, 0) is 0 Å². The van der Waals surface area contributed by atoms with Gasteiger partial charge in [-0.3, -0.25) is 4.79 Å². The molecule has 0 unspecified atom stereocenters. The summed E-state index contributed by atoms with van der Waals surface area (Å²) >= 11 is 0. The van der Waals surface area contributed by atoms with Crippen LogP contribution < -0.4 is 16.8 Å². The summed E-state index contributed by atoms with van der Waals surface area (Å²) in [5.41, 5.74) is 11.4. The first-order valence-electron chi connectivity index (χ1n) is 6.03. The number of nitrogens with two attached hydrogens (primary N) is 2. The van der Waals surface area contributed by atoms with Gasteiger partial charge in [-0.25, -0.2) is 0 Å². The van der Waals surface area contributed by atoms with E-state index >= 15 is 0 Å². The summed E-state index contributed by atoms with van der Waals surface area (Å²) in [4.78, 5) is 11.6. The molecule has 0 spiro atoms. The van der Waals surface area contributed by atoms with Crippen molar-refractivity contribution < 1.29 is 9.21 Å². The molecule has 1 amide bonds. The van der Waals surface area contributed by atoms with E-state index in [1.165, 1.54) is 6.26 Å². The highest BCUT2D eigenvalue weighted by molar-refractivity contribution is 5.91. The van der Waals surface area contributed by atoms with Gasteiger partial charge in [-0.2, -0.15) is 0 Å². The average Bonchev–Trinajstić information content (AvgIpc) is 2.84. The summed E-state index contributed by atoms with van der Waals surface area (Å²) in [5.74, 6) is 5.81. The van der Waals surface area contributed by atoms with Gasteiger partial charge in [0.1, 0.15) is 6.26 Å². The fourth-order valence-corrected chi connectivity index (χ4v) is 1.32. The van der Waals surface area contributed by atoms with Gasteiger partial charge in [0, 0.05) is 25.6 Å². The summed E-state index contributed by atoms with van der Waals surface area (Å²) in [5, 5.41) is 2.76. The largest absolute Gasteiger partial charge is 0.458 e. The van der Waals surface area contributed by atoms with E-state index in [1.54, 1.807) is 6.07 Å². The molecule has 0 aliphatic heterocycles. The third-order valence-electron chi connectivity index (χ3n) is 2.24. The lowest BCUT2D eigenvalue weighted by atomic mass is 10.3. The summed E-state index contributed by atoms with van der Waals surface area (Å²) in [6.45, 7) is 1.77. The van der Waals surface area contributed by atoms with Crippen LogP contribution in [0.15, 0.2) is 16.7 Å². The Hall–Kier alpha value is -1.77. The van der Waals surface area contributed by atoms with Crippen LogP contribution in [-0.4, -0.2) is 25.5 Å². The van der Waals surface area contributed by atoms with Crippen molar-refractivity contribution in [3.05, 3.63) is 23.7 Å². The van der Waals surface area contributed by atoms with Gasteiger partial charge in [0.25, 0.3) is 5.91 Å². The van der Waals surface area contributed by atoms with Crippen molar-refractivity contribution in [1.29, 1.82) is 0 Å². The van der Waals surface area contributed by atoms with Gasteiger partial charge in [0.15, 0.2) is 5.76 Å². The lowest BCUT2D eigenvalue weighted by Crippen LogP contribution is -2.24. The van der Waals surface area contributed by atoms with E-state index < -0.39 is 0 Å². The molecule has 1 aromatic rings. The monoisotopic (exact) mass is 249 g/mol. The molecule has 5 nitrogen and oxygen atoms in total. The van der Waals surface area contributed by atoms with Gasteiger partial charge in [-0.05, 0) is 19.4 Å². The third kappa shape index (κ3) is 5.04. The van der Waals surface area contributed by atoms with E-state index in [0.717, 1.165) is 12.8 Å². The number of unbranched alkanes of at least 4 members (excludes halogenated alkanes) is 1. The maximum Gasteiger partial charge on any atom is 0.287 e. The fourth-order valence-electron chi connectivity index (χ4n) is 1.32. The van der Waals surface area contributed by atoms with E-state index in [9.17, 15) is 4.79 Å². The minimum atomic E-state index is -0.223. The molecule has 1 heterocycles. The number of carbonyl (C=O) groups is 1. The van der Waals surface area contributed by atoms with Crippen molar-refractivity contribution in [1.82, 2.24) is 5.32 Å². The molecule has 5 N–H and O–H groups in total. The lowest BCUT2D eigenvalue weighted by Gasteiger charge is -2.01. The molecule has 5 heteroatoms. The fraction of sp³-hybridized carbons (Fsp3) is 0.462. The molecule has 1 aromatic heterocycles. The number of rotatable bonds is 6. The quantitative estimate of drug-likeness (QED) is 0.504. The number of carbonyl (C=O) groups excluding carboxylic acids is 1. The lowest BCUT2D eigenvalue weighted by molar-refractivity contribution is 0.0925. The minimum absolute atomic E-state index is 0.223. The maximum atomic E-state index is 11.6. The molecule has 98 valence electrons. The molecule has 18 heavy (non-hydrogen) atoms. The van der Waals surface area contributed by atoms with E-state index in [1.807, 2.05) is 0 Å². The highest BCUT2D eigenvalue weighted by Gasteiger charge is 2.09. The predicted molar refractivity (Wildman–Crippen MR) is 69.9 cm³/mol. The van der Waals surface area contributed by atoms with Gasteiger partial charge in [-0.1, -0.05) is 11.8 Å². The van der Waals surface area contributed by atoms with Crippen molar-refractivity contribution in [3.8, 4) is 11.8 Å². The van der Waals surface area contributed by atoms with E-state index in [0.29, 0.717) is 31.6 Å². The van der Waals surface area contributed by atoms with Crippen molar-refractivity contribution in [2.75, 3.05) is 19.6 Å². The Morgan fingerprint density at radius 1 is 1.33 bits per heavy atom. The zero-order chi connectivity index (χ0) is 13.2. The van der Waals surface area contributed by atoms with Crippen LogP contribution in [0.1, 0.15) is 35.4 Å². The van der Waals surface area contributed by atoms with E-state index in [4.69, 9.17) is 15.9 Å². The third-order valence-corrected chi connectivity index (χ3v) is 2.24. The number of nitrogens with one attached hydrogen (secondary N) is 1. The van der Waals surface area contributed by atoms with Gasteiger partial charge in [-0.15, -0.1) is 0 Å². The molecule has 0 fully saturated rings. The average molecular weight is 249 g/mol. The van der Waals surface area contributed by atoms with Crippen molar-refractivity contribution in [2.45, 2.75) is 19.3 Å². The van der Waals surface area contributed by atoms with E-state index in [-0.39, 0.29) is 11.7 Å². The van der Waals surface area contributed by atoms with Gasteiger partial charge in [0.05, 0.1) is 5.56 Å². The smallest absolute Gasteiger partial charge is 0.287 e. The second-order valence-electron chi connectivity index (χ2n) is 3.79. The van der Waals surface area contributed by atoms with Crippen molar-refractivity contribution in [2.24, 2.45) is 11.5 Å². The number of amides is 1. The van der Waals surface area contributed by atoms with Crippen LogP contribution in [0.4, 0.5) is 0 Å². The zero-order valence-corrected chi connectivity index (χ0v) is 10.4. The molecule has 0 bridgehead atoms. The summed E-state index contributed by atoms with van der Waals surface area (Å²) in [6.07, 6.45) is 3.87. The molecule has 0 saturated heterocycles. The molecular weight excluding hydrogens is 230 g/mol. The zero-order valence-electron chi connectivity index (χ0n) is 10.4. The van der Waals surface area contributed by atoms with Gasteiger partial charge in [0.2, 0.25) is 0 Å². The topological polar surface area (TPSA) is 94.3 Å². The maximum absolute atomic E-state index is 11.6. The highest BCUT2D eigenvalue weighted by atomic mass is 16.3. The molecule has 0 radical (unpaired) electrons. The molecule has 0 saturated carbocycles. The van der Waals surface area contributed by atoms with Crippen LogP contribution >= 0.6 is 0 Å². The van der Waals surface area contributed by atoms with Crippen molar-refractivity contribution >= 4 is 5.91 Å². The first-order valence-corrected chi connectivity index (χ1v) is 6.03. The number of furan rings is 1. The Kier molecular flexibility index (Phi) is 6.62. The standard InChI is InChI=1S/C13H19N3O2/c14-6-2-1-5-11-9-12(18-10-11)13(17)16-8-4-3-7-15/h9-10H,2-4,6-8,14-15H2,(H,16,17). The van der Waals surface area contributed by atoms with Gasteiger partial charge < -0.3 is 21.2 Å². The Morgan fingerprint density at radius 2 is 2.17 bits per heavy atom. The minimum Gasteiger partial charge on any atom is -0.458 e. The molecule has 1 rings (SSSR count). The second kappa shape index (κ2) is 8.34. The van der Waals surface area contributed by atoms with Crippen LogP contribution in [0.3, 0.4) is 0 Å². The predicted octanol–water partition coefficient (Wildman–Crippen LogP) is 0.449. The SMILES string of the molecule is NCCC#Cc1coc(C(=O)NCCCCN)c1. The Labute approximate surface area is 107 Å². The first kappa shape index (κ1) is 14.3. The first-order chi connectivity index (χ1) is 8.77. The summed E-state index contributed by atoms with van der Waals surface area (Å²) in [6, 6.07) is 1.63. The normalized spacial score (nSPS) is 9.67. The second-order valence-corrected chi connectivity index (χ2v) is 3.79. The van der Waals surface area contributed by atoms with Crippen LogP contribution in [0.25, 0.3) is 0 Å². The van der Waals surface area contributed by atoms with E-state index in [2.05, 4.69) is 17.2 Å². The highest BCUT2D eigenvalue weighted by Crippen LogP contribution is 2.06. The molecular formula is C13H19N3O2. The Balaban J connectivity index is 2.42. The van der Waals surface area contributed by atoms with Gasteiger partial charge >= 0.3 is 0 Å². The summed E-state index contributed by atoms with van der Waals surface area (Å²) in [7, 11) is 0. The van der Waals surface area contributed by atoms with Crippen LogP contribution in [0.5, 0.6) is 0 Å². The van der Waals surface area contributed by atoms with Crippen LogP contribution in [0, 0.1) is 11.8 Å². The Morgan fingerprint density at radius 3 is 2.89 bits per heavy atom. The molecule has 0 aromatic carbocycles. The number of hydrogen-bond donors (Lipinski definition) is 3. The number of hydrogen-bond acceptors (Lipinski definition) is 4. The Bertz CT molecular complexity index is 429. The van der Waals surface area contributed by atoms with Crippen LogP contribution in [0.2, 0.25) is 0 Å². The molecule has 0 aliphatic carbocycles. The summed E-state index contributed by atoms with van der Waals surface area (Å²) < 4.78 is 5.14.